The minimum absolute atomic E-state index is 0.161. The lowest BCUT2D eigenvalue weighted by atomic mass is 10.1. The van der Waals surface area contributed by atoms with Crippen molar-refractivity contribution >= 4 is 32.7 Å². The number of pyridine rings is 1. The van der Waals surface area contributed by atoms with Gasteiger partial charge in [0.1, 0.15) is 11.5 Å². The molecule has 0 aliphatic rings. The van der Waals surface area contributed by atoms with Crippen LogP contribution in [0.2, 0.25) is 0 Å². The van der Waals surface area contributed by atoms with Crippen LogP contribution in [0.3, 0.4) is 0 Å². The van der Waals surface area contributed by atoms with Crippen LogP contribution in [0.25, 0.3) is 10.8 Å². The van der Waals surface area contributed by atoms with Crippen LogP contribution in [0.15, 0.2) is 27.5 Å². The van der Waals surface area contributed by atoms with E-state index in [1.54, 1.807) is 0 Å². The number of fused-ring (bicyclic) bond motifs is 1. The van der Waals surface area contributed by atoms with E-state index in [0.717, 1.165) is 6.07 Å². The first-order chi connectivity index (χ1) is 7.49. The van der Waals surface area contributed by atoms with Crippen molar-refractivity contribution in [1.29, 1.82) is 0 Å². The quantitative estimate of drug-likeness (QED) is 0.843. The molecule has 2 aromatic rings. The van der Waals surface area contributed by atoms with E-state index in [-0.39, 0.29) is 20.9 Å². The fourth-order valence-corrected chi connectivity index (χ4v) is 1.72. The lowest BCUT2D eigenvalue weighted by Gasteiger charge is -2.01. The summed E-state index contributed by atoms with van der Waals surface area (Å²) in [5.74, 6) is -1.81. The number of carbonyl (C=O) groups is 1. The number of aromatic amines is 1. The summed E-state index contributed by atoms with van der Waals surface area (Å²) in [4.78, 5) is 24.4. The summed E-state index contributed by atoms with van der Waals surface area (Å²) in [7, 11) is 0. The largest absolute Gasteiger partial charge is 0.477 e. The summed E-state index contributed by atoms with van der Waals surface area (Å²) in [6, 6.07) is 3.64. The monoisotopic (exact) mass is 285 g/mol. The van der Waals surface area contributed by atoms with Crippen LogP contribution in [0.1, 0.15) is 10.5 Å². The summed E-state index contributed by atoms with van der Waals surface area (Å²) in [6.45, 7) is 0. The third kappa shape index (κ3) is 1.71. The van der Waals surface area contributed by atoms with Gasteiger partial charge in [-0.25, -0.2) is 9.18 Å². The highest BCUT2D eigenvalue weighted by molar-refractivity contribution is 9.10. The van der Waals surface area contributed by atoms with Gasteiger partial charge in [-0.2, -0.15) is 0 Å². The summed E-state index contributed by atoms with van der Waals surface area (Å²) >= 11 is 2.95. The van der Waals surface area contributed by atoms with Gasteiger partial charge >= 0.3 is 5.97 Å². The number of rotatable bonds is 1. The number of aromatic carboxylic acids is 1. The van der Waals surface area contributed by atoms with Gasteiger partial charge in [0, 0.05) is 5.39 Å². The van der Waals surface area contributed by atoms with Crippen LogP contribution in [0.4, 0.5) is 4.39 Å². The number of hydrogen-bond acceptors (Lipinski definition) is 2. The van der Waals surface area contributed by atoms with Gasteiger partial charge in [0.05, 0.1) is 4.47 Å². The zero-order valence-electron chi connectivity index (χ0n) is 7.75. The third-order valence-electron chi connectivity index (χ3n) is 2.12. The molecule has 0 radical (unpaired) electrons. The van der Waals surface area contributed by atoms with E-state index in [4.69, 9.17) is 5.11 Å². The Bertz CT molecular complexity index is 650. The number of H-pyrrole nitrogens is 1. The maximum atomic E-state index is 13.2. The predicted octanol–water partition coefficient (Wildman–Crippen LogP) is 2.13. The normalized spacial score (nSPS) is 10.6. The molecule has 1 aromatic carbocycles. The molecule has 4 nitrogen and oxygen atoms in total. The van der Waals surface area contributed by atoms with Crippen molar-refractivity contribution in [2.75, 3.05) is 0 Å². The first-order valence-corrected chi connectivity index (χ1v) is 5.03. The maximum Gasteiger partial charge on any atom is 0.352 e. The van der Waals surface area contributed by atoms with E-state index in [9.17, 15) is 14.0 Å². The number of hydrogen-bond donors (Lipinski definition) is 2. The molecule has 0 aliphatic carbocycles. The predicted molar refractivity (Wildman–Crippen MR) is 59.2 cm³/mol. The Kier molecular flexibility index (Phi) is 2.51. The van der Waals surface area contributed by atoms with Crippen molar-refractivity contribution in [2.24, 2.45) is 0 Å². The lowest BCUT2D eigenvalue weighted by molar-refractivity contribution is 0.0690. The standard InChI is InChI=1S/C10H5BrFNO3/c11-6-3-5-4(1-7(6)12)2-8(10(15)16)13-9(5)14/h1-3H,(H,13,14)(H,15,16). The molecule has 1 aromatic heterocycles. The molecule has 0 unspecified atom stereocenters. The molecule has 6 heteroatoms. The molecule has 0 atom stereocenters. The highest BCUT2D eigenvalue weighted by Crippen LogP contribution is 2.21. The molecular weight excluding hydrogens is 281 g/mol. The number of aromatic nitrogens is 1. The molecule has 2 rings (SSSR count). The van der Waals surface area contributed by atoms with Crippen molar-refractivity contribution < 1.29 is 14.3 Å². The number of nitrogens with one attached hydrogen (secondary N) is 1. The highest BCUT2D eigenvalue weighted by atomic mass is 79.9. The molecule has 82 valence electrons. The van der Waals surface area contributed by atoms with E-state index in [1.165, 1.54) is 12.1 Å². The van der Waals surface area contributed by atoms with Gasteiger partial charge in [0.25, 0.3) is 5.56 Å². The fraction of sp³-hybridized carbons (Fsp3) is 0. The second kappa shape index (κ2) is 3.71. The van der Waals surface area contributed by atoms with E-state index in [0.29, 0.717) is 0 Å². The Balaban J connectivity index is 2.88. The minimum Gasteiger partial charge on any atom is -0.477 e. The Labute approximate surface area is 96.8 Å². The van der Waals surface area contributed by atoms with Gasteiger partial charge in [-0.1, -0.05) is 0 Å². The van der Waals surface area contributed by atoms with Crippen molar-refractivity contribution in [3.8, 4) is 0 Å². The summed E-state index contributed by atoms with van der Waals surface area (Å²) in [5, 5.41) is 9.21. The Morgan fingerprint density at radius 2 is 2.06 bits per heavy atom. The van der Waals surface area contributed by atoms with E-state index in [1.807, 2.05) is 0 Å². The number of carboxylic acids is 1. The van der Waals surface area contributed by atoms with E-state index < -0.39 is 17.3 Å². The molecule has 0 bridgehead atoms. The van der Waals surface area contributed by atoms with Gasteiger partial charge in [-0.05, 0) is 39.5 Å². The Morgan fingerprint density at radius 3 is 2.69 bits per heavy atom. The van der Waals surface area contributed by atoms with Crippen LogP contribution in [-0.2, 0) is 0 Å². The molecule has 1 heterocycles. The fourth-order valence-electron chi connectivity index (χ4n) is 1.37. The second-order valence-corrected chi connectivity index (χ2v) is 4.03. The zero-order chi connectivity index (χ0) is 11.9. The van der Waals surface area contributed by atoms with Gasteiger partial charge < -0.3 is 10.1 Å². The lowest BCUT2D eigenvalue weighted by Crippen LogP contribution is -2.13. The van der Waals surface area contributed by atoms with Crippen molar-refractivity contribution in [3.63, 3.8) is 0 Å². The minimum atomic E-state index is -1.26. The molecule has 0 aliphatic heterocycles. The number of halogens is 2. The molecule has 0 amide bonds. The molecule has 0 fully saturated rings. The van der Waals surface area contributed by atoms with Gasteiger partial charge in [0.15, 0.2) is 0 Å². The topological polar surface area (TPSA) is 70.2 Å². The van der Waals surface area contributed by atoms with Gasteiger partial charge in [-0.15, -0.1) is 0 Å². The zero-order valence-corrected chi connectivity index (χ0v) is 9.34. The van der Waals surface area contributed by atoms with Crippen molar-refractivity contribution in [2.45, 2.75) is 0 Å². The van der Waals surface area contributed by atoms with Crippen LogP contribution in [0.5, 0.6) is 0 Å². The van der Waals surface area contributed by atoms with E-state index in [2.05, 4.69) is 20.9 Å². The summed E-state index contributed by atoms with van der Waals surface area (Å²) in [6.07, 6.45) is 0. The first-order valence-electron chi connectivity index (χ1n) is 4.24. The molecule has 16 heavy (non-hydrogen) atoms. The molecule has 2 N–H and O–H groups in total. The summed E-state index contributed by atoms with van der Waals surface area (Å²) in [5.41, 5.74) is -0.824. The average Bonchev–Trinajstić information content (AvgIpc) is 2.20. The second-order valence-electron chi connectivity index (χ2n) is 3.17. The third-order valence-corrected chi connectivity index (χ3v) is 2.72. The smallest absolute Gasteiger partial charge is 0.352 e. The SMILES string of the molecule is O=C(O)c1cc2cc(F)c(Br)cc2c(=O)[nH]1. The Hall–Kier alpha value is -1.69. The maximum absolute atomic E-state index is 13.2. The Morgan fingerprint density at radius 1 is 1.38 bits per heavy atom. The molecule has 0 saturated heterocycles. The summed E-state index contributed by atoms with van der Waals surface area (Å²) < 4.78 is 13.4. The van der Waals surface area contributed by atoms with Crippen LogP contribution in [-0.4, -0.2) is 16.1 Å². The average molecular weight is 286 g/mol. The number of benzene rings is 1. The van der Waals surface area contributed by atoms with Gasteiger partial charge in [0.2, 0.25) is 0 Å². The van der Waals surface area contributed by atoms with E-state index >= 15 is 0 Å². The van der Waals surface area contributed by atoms with Gasteiger partial charge in [-0.3, -0.25) is 4.79 Å². The highest BCUT2D eigenvalue weighted by Gasteiger charge is 2.10. The van der Waals surface area contributed by atoms with Crippen molar-refractivity contribution in [3.05, 3.63) is 44.5 Å². The molecule has 0 spiro atoms. The molecular formula is C10H5BrFNO3. The molecule has 0 saturated carbocycles. The van der Waals surface area contributed by atoms with Crippen LogP contribution >= 0.6 is 15.9 Å². The van der Waals surface area contributed by atoms with Crippen molar-refractivity contribution in [1.82, 2.24) is 4.98 Å². The van der Waals surface area contributed by atoms with Crippen LogP contribution in [0, 0.1) is 5.82 Å². The van der Waals surface area contributed by atoms with Crippen LogP contribution < -0.4 is 5.56 Å². The first kappa shape index (κ1) is 10.8. The number of carboxylic acid groups (broad SMARTS) is 1.